The summed E-state index contributed by atoms with van der Waals surface area (Å²) in [5, 5.41) is 0.388. The molecule has 116 valence electrons. The van der Waals surface area contributed by atoms with Crippen LogP contribution in [0.15, 0.2) is 0 Å². The lowest BCUT2D eigenvalue weighted by molar-refractivity contribution is 0.211. The summed E-state index contributed by atoms with van der Waals surface area (Å²) < 4.78 is 0. The van der Waals surface area contributed by atoms with E-state index in [1.165, 1.54) is 70.8 Å². The number of nitrogens with zero attached hydrogens (tertiary/aromatic N) is 1. The lowest BCUT2D eigenvalue weighted by Crippen LogP contribution is -2.36. The molecule has 0 fully saturated rings. The Morgan fingerprint density at radius 3 is 1.53 bits per heavy atom. The van der Waals surface area contributed by atoms with Crippen LogP contribution in [0.25, 0.3) is 0 Å². The fraction of sp³-hybridized carbons (Fsp3) is 1.00. The molecule has 0 rings (SSSR count). The van der Waals surface area contributed by atoms with E-state index in [2.05, 4.69) is 45.2 Å². The van der Waals surface area contributed by atoms with Crippen molar-refractivity contribution in [1.29, 1.82) is 0 Å². The Kier molecular flexibility index (Phi) is 13.5. The van der Waals surface area contributed by atoms with E-state index in [0.29, 0.717) is 11.4 Å². The van der Waals surface area contributed by atoms with Gasteiger partial charge in [0.25, 0.3) is 0 Å². The molecule has 0 aromatic heterocycles. The van der Waals surface area contributed by atoms with Gasteiger partial charge in [0.05, 0.1) is 5.37 Å². The molecule has 0 saturated heterocycles. The second kappa shape index (κ2) is 13.3. The monoisotopic (exact) mass is 287 g/mol. The Bertz CT molecular complexity index is 172. The van der Waals surface area contributed by atoms with Gasteiger partial charge in [-0.15, -0.1) is 0 Å². The third kappa shape index (κ3) is 11.8. The van der Waals surface area contributed by atoms with Gasteiger partial charge in [0.15, 0.2) is 0 Å². The topological polar surface area (TPSA) is 3.24 Å². The number of rotatable bonds is 13. The largest absolute Gasteiger partial charge is 0.290 e. The summed E-state index contributed by atoms with van der Waals surface area (Å²) in [7, 11) is 0. The molecule has 19 heavy (non-hydrogen) atoms. The fourth-order valence-corrected chi connectivity index (χ4v) is 3.04. The Morgan fingerprint density at radius 2 is 1.16 bits per heavy atom. The van der Waals surface area contributed by atoms with E-state index in [-0.39, 0.29) is 0 Å². The van der Waals surface area contributed by atoms with E-state index in [9.17, 15) is 0 Å². The van der Waals surface area contributed by atoms with Gasteiger partial charge in [-0.2, -0.15) is 12.6 Å². The molecule has 1 atom stereocenters. The Labute approximate surface area is 127 Å². The minimum absolute atomic E-state index is 0.388. The fourth-order valence-electron chi connectivity index (χ4n) is 2.66. The van der Waals surface area contributed by atoms with Crippen molar-refractivity contribution < 1.29 is 0 Å². The third-order valence-electron chi connectivity index (χ3n) is 3.91. The lowest BCUT2D eigenvalue weighted by Gasteiger charge is -2.29. The molecular formula is C17H37NS. The average molecular weight is 288 g/mol. The number of unbranched alkanes of at least 4 members (excludes halogenated alkanes) is 9. The maximum atomic E-state index is 4.56. The van der Waals surface area contributed by atoms with Gasteiger partial charge in [0.1, 0.15) is 0 Å². The zero-order valence-corrected chi connectivity index (χ0v) is 14.7. The van der Waals surface area contributed by atoms with E-state index in [1.807, 2.05) is 0 Å². The normalized spacial score (nSPS) is 13.4. The molecule has 1 unspecified atom stereocenters. The SMILES string of the molecule is CCCCCCCCCCCCN(C(C)C)C(C)S. The molecule has 0 spiro atoms. The summed E-state index contributed by atoms with van der Waals surface area (Å²) in [6.45, 7) is 10.2. The molecule has 0 aliphatic rings. The zero-order valence-electron chi connectivity index (χ0n) is 13.8. The van der Waals surface area contributed by atoms with Gasteiger partial charge in [-0.05, 0) is 33.7 Å². The second-order valence-electron chi connectivity index (χ2n) is 6.15. The molecule has 0 aliphatic carbocycles. The molecule has 0 N–H and O–H groups in total. The van der Waals surface area contributed by atoms with E-state index in [4.69, 9.17) is 0 Å². The number of hydrogen-bond donors (Lipinski definition) is 1. The van der Waals surface area contributed by atoms with Crippen molar-refractivity contribution in [3.05, 3.63) is 0 Å². The summed E-state index contributed by atoms with van der Waals surface area (Å²) in [5.74, 6) is 0. The minimum atomic E-state index is 0.388. The van der Waals surface area contributed by atoms with Crippen LogP contribution in [0.5, 0.6) is 0 Å². The van der Waals surface area contributed by atoms with E-state index < -0.39 is 0 Å². The quantitative estimate of drug-likeness (QED) is 0.251. The number of hydrogen-bond acceptors (Lipinski definition) is 2. The summed E-state index contributed by atoms with van der Waals surface area (Å²) in [6.07, 6.45) is 14.1. The van der Waals surface area contributed by atoms with E-state index in [1.54, 1.807) is 0 Å². The highest BCUT2D eigenvalue weighted by atomic mass is 32.1. The summed E-state index contributed by atoms with van der Waals surface area (Å²) >= 11 is 4.56. The first-order chi connectivity index (χ1) is 9.09. The molecule has 1 nitrogen and oxygen atoms in total. The van der Waals surface area contributed by atoms with Crippen LogP contribution >= 0.6 is 12.6 Å². The average Bonchev–Trinajstić information content (AvgIpc) is 2.35. The highest BCUT2D eigenvalue weighted by Crippen LogP contribution is 2.13. The zero-order chi connectivity index (χ0) is 14.5. The van der Waals surface area contributed by atoms with E-state index >= 15 is 0 Å². The Balaban J connectivity index is 3.30. The van der Waals surface area contributed by atoms with Gasteiger partial charge < -0.3 is 0 Å². The van der Waals surface area contributed by atoms with Crippen LogP contribution in [0, 0.1) is 0 Å². The van der Waals surface area contributed by atoms with Gasteiger partial charge in [-0.3, -0.25) is 4.90 Å². The maximum Gasteiger partial charge on any atom is 0.0501 e. The smallest absolute Gasteiger partial charge is 0.0501 e. The van der Waals surface area contributed by atoms with Crippen LogP contribution in [-0.4, -0.2) is 22.9 Å². The molecule has 0 aromatic rings. The Hall–Kier alpha value is 0.310. The van der Waals surface area contributed by atoms with Crippen molar-refractivity contribution in [1.82, 2.24) is 4.90 Å². The van der Waals surface area contributed by atoms with Gasteiger partial charge in [0, 0.05) is 6.04 Å². The molecule has 0 aromatic carbocycles. The second-order valence-corrected chi connectivity index (χ2v) is 6.89. The molecule has 2 heteroatoms. The first-order valence-electron chi connectivity index (χ1n) is 8.53. The molecule has 0 aliphatic heterocycles. The third-order valence-corrected chi connectivity index (χ3v) is 4.21. The van der Waals surface area contributed by atoms with Crippen LogP contribution in [0.1, 0.15) is 91.9 Å². The lowest BCUT2D eigenvalue weighted by atomic mass is 10.1. The van der Waals surface area contributed by atoms with Crippen molar-refractivity contribution >= 4 is 12.6 Å². The van der Waals surface area contributed by atoms with Crippen LogP contribution in [0.2, 0.25) is 0 Å². The first-order valence-corrected chi connectivity index (χ1v) is 9.05. The maximum absolute atomic E-state index is 4.56. The molecule has 0 amide bonds. The molecular weight excluding hydrogens is 250 g/mol. The minimum Gasteiger partial charge on any atom is -0.290 e. The van der Waals surface area contributed by atoms with Crippen molar-refractivity contribution in [2.24, 2.45) is 0 Å². The highest BCUT2D eigenvalue weighted by molar-refractivity contribution is 7.80. The van der Waals surface area contributed by atoms with Crippen LogP contribution < -0.4 is 0 Å². The molecule has 0 radical (unpaired) electrons. The number of thiol groups is 1. The van der Waals surface area contributed by atoms with Crippen LogP contribution in [0.4, 0.5) is 0 Å². The van der Waals surface area contributed by atoms with Gasteiger partial charge in [-0.1, -0.05) is 64.7 Å². The predicted molar refractivity (Wildman–Crippen MR) is 92.1 cm³/mol. The van der Waals surface area contributed by atoms with E-state index in [0.717, 1.165) is 0 Å². The summed E-state index contributed by atoms with van der Waals surface area (Å²) in [6, 6.07) is 0.617. The van der Waals surface area contributed by atoms with Crippen molar-refractivity contribution in [2.45, 2.75) is 103 Å². The highest BCUT2D eigenvalue weighted by Gasteiger charge is 2.12. The molecule has 0 heterocycles. The standard InChI is InChI=1S/C17H37NS/c1-5-6-7-8-9-10-11-12-13-14-15-18(16(2)3)17(4)19/h16-17,19H,5-15H2,1-4H3. The Morgan fingerprint density at radius 1 is 0.737 bits per heavy atom. The van der Waals surface area contributed by atoms with Gasteiger partial charge >= 0.3 is 0 Å². The molecule has 0 saturated carbocycles. The van der Waals surface area contributed by atoms with Crippen LogP contribution in [0.3, 0.4) is 0 Å². The van der Waals surface area contributed by atoms with Crippen LogP contribution in [-0.2, 0) is 0 Å². The van der Waals surface area contributed by atoms with Crippen molar-refractivity contribution in [3.63, 3.8) is 0 Å². The summed E-state index contributed by atoms with van der Waals surface area (Å²) in [4.78, 5) is 2.48. The van der Waals surface area contributed by atoms with Crippen molar-refractivity contribution in [2.75, 3.05) is 6.54 Å². The predicted octanol–water partition coefficient (Wildman–Crippen LogP) is 5.89. The van der Waals surface area contributed by atoms with Crippen molar-refractivity contribution in [3.8, 4) is 0 Å². The van der Waals surface area contributed by atoms with Gasteiger partial charge in [-0.25, -0.2) is 0 Å². The molecule has 0 bridgehead atoms. The van der Waals surface area contributed by atoms with Gasteiger partial charge in [0.2, 0.25) is 0 Å². The summed E-state index contributed by atoms with van der Waals surface area (Å²) in [5.41, 5.74) is 0. The first kappa shape index (κ1) is 19.3.